The summed E-state index contributed by atoms with van der Waals surface area (Å²) >= 11 is 5.54. The summed E-state index contributed by atoms with van der Waals surface area (Å²) in [5, 5.41) is 0.171. The molecule has 0 radical (unpaired) electrons. The zero-order valence-corrected chi connectivity index (χ0v) is 8.31. The number of hydrogen-bond donors (Lipinski definition) is 1. The average molecular weight is 202 g/mol. The van der Waals surface area contributed by atoms with Gasteiger partial charge in [0, 0.05) is 6.04 Å². The van der Waals surface area contributed by atoms with Gasteiger partial charge >= 0.3 is 0 Å². The predicted octanol–water partition coefficient (Wildman–Crippen LogP) is 2.76. The highest BCUT2D eigenvalue weighted by molar-refractivity contribution is 6.30. The Morgan fingerprint density at radius 2 is 2.23 bits per heavy atom. The monoisotopic (exact) mass is 201 g/mol. The summed E-state index contributed by atoms with van der Waals surface area (Å²) in [5.74, 6) is -0.358. The summed E-state index contributed by atoms with van der Waals surface area (Å²) in [6, 6.07) is 5.02. The molecule has 0 unspecified atom stereocenters. The first kappa shape index (κ1) is 10.5. The second-order valence-electron chi connectivity index (χ2n) is 3.26. The molecule has 3 heteroatoms. The second-order valence-corrected chi connectivity index (χ2v) is 3.67. The van der Waals surface area contributed by atoms with Crippen molar-refractivity contribution in [1.29, 1.82) is 0 Å². The van der Waals surface area contributed by atoms with Crippen LogP contribution in [0.25, 0.3) is 0 Å². The lowest BCUT2D eigenvalue weighted by Gasteiger charge is -2.05. The molecular weight excluding hydrogens is 189 g/mol. The summed E-state index contributed by atoms with van der Waals surface area (Å²) in [7, 11) is 0. The number of nitrogens with two attached hydrogens (primary N) is 1. The minimum atomic E-state index is -0.358. The van der Waals surface area contributed by atoms with E-state index in [4.69, 9.17) is 17.3 Å². The molecule has 2 N–H and O–H groups in total. The van der Waals surface area contributed by atoms with E-state index in [1.54, 1.807) is 6.07 Å². The molecule has 0 aliphatic heterocycles. The lowest BCUT2D eigenvalue weighted by Crippen LogP contribution is -2.15. The smallest absolute Gasteiger partial charge is 0.142 e. The first-order valence-electron chi connectivity index (χ1n) is 4.29. The quantitative estimate of drug-likeness (QED) is 0.800. The lowest BCUT2D eigenvalue weighted by atomic mass is 10.1. The van der Waals surface area contributed by atoms with Gasteiger partial charge in [-0.3, -0.25) is 0 Å². The number of halogens is 2. The van der Waals surface area contributed by atoms with Crippen LogP contribution in [0.5, 0.6) is 0 Å². The van der Waals surface area contributed by atoms with Crippen molar-refractivity contribution in [2.45, 2.75) is 25.8 Å². The van der Waals surface area contributed by atoms with E-state index >= 15 is 0 Å². The van der Waals surface area contributed by atoms with Crippen LogP contribution in [0.3, 0.4) is 0 Å². The van der Waals surface area contributed by atoms with Gasteiger partial charge in [-0.05, 0) is 37.5 Å². The maximum atomic E-state index is 12.9. The topological polar surface area (TPSA) is 26.0 Å². The van der Waals surface area contributed by atoms with Crippen molar-refractivity contribution < 1.29 is 4.39 Å². The van der Waals surface area contributed by atoms with E-state index in [0.717, 1.165) is 18.4 Å². The molecule has 0 spiro atoms. The van der Waals surface area contributed by atoms with Gasteiger partial charge in [-0.25, -0.2) is 4.39 Å². The van der Waals surface area contributed by atoms with E-state index < -0.39 is 0 Å². The Bertz CT molecular complexity index is 286. The standard InChI is InChI=1S/C10H13ClFN/c1-7(13)2-3-8-4-5-9(11)10(12)6-8/h4-7H,2-3,13H2,1H3/t7-/m0/s1. The molecule has 0 fully saturated rings. The van der Waals surface area contributed by atoms with Crippen molar-refractivity contribution in [1.82, 2.24) is 0 Å². The number of rotatable bonds is 3. The summed E-state index contributed by atoms with van der Waals surface area (Å²) in [6.45, 7) is 1.94. The summed E-state index contributed by atoms with van der Waals surface area (Å²) in [5.41, 5.74) is 6.53. The Morgan fingerprint density at radius 3 is 2.77 bits per heavy atom. The fourth-order valence-corrected chi connectivity index (χ4v) is 1.21. The van der Waals surface area contributed by atoms with E-state index in [0.29, 0.717) is 0 Å². The molecule has 0 aliphatic carbocycles. The second kappa shape index (κ2) is 4.58. The Balaban J connectivity index is 2.63. The molecule has 1 atom stereocenters. The van der Waals surface area contributed by atoms with E-state index in [1.807, 2.05) is 13.0 Å². The minimum absolute atomic E-state index is 0.152. The molecule has 13 heavy (non-hydrogen) atoms. The molecule has 1 aromatic rings. The molecule has 72 valence electrons. The van der Waals surface area contributed by atoms with Gasteiger partial charge in [0.15, 0.2) is 0 Å². The minimum Gasteiger partial charge on any atom is -0.328 e. The van der Waals surface area contributed by atoms with Gasteiger partial charge in [-0.2, -0.15) is 0 Å². The Kier molecular flexibility index (Phi) is 3.70. The fourth-order valence-electron chi connectivity index (χ4n) is 1.09. The van der Waals surface area contributed by atoms with Gasteiger partial charge in [0.1, 0.15) is 5.82 Å². The largest absolute Gasteiger partial charge is 0.328 e. The van der Waals surface area contributed by atoms with Crippen molar-refractivity contribution in [2.75, 3.05) is 0 Å². The van der Waals surface area contributed by atoms with Crippen molar-refractivity contribution in [3.63, 3.8) is 0 Å². The third-order valence-electron chi connectivity index (χ3n) is 1.87. The molecule has 0 aliphatic rings. The Morgan fingerprint density at radius 1 is 1.54 bits per heavy atom. The normalized spacial score (nSPS) is 12.9. The highest BCUT2D eigenvalue weighted by atomic mass is 35.5. The van der Waals surface area contributed by atoms with Crippen LogP contribution in [-0.4, -0.2) is 6.04 Å². The zero-order chi connectivity index (χ0) is 9.84. The van der Waals surface area contributed by atoms with Crippen LogP contribution in [-0.2, 0) is 6.42 Å². The molecule has 0 aromatic heterocycles. The van der Waals surface area contributed by atoms with E-state index in [9.17, 15) is 4.39 Å². The van der Waals surface area contributed by atoms with Crippen molar-refractivity contribution in [2.24, 2.45) is 5.73 Å². The predicted molar refractivity (Wildman–Crippen MR) is 53.4 cm³/mol. The van der Waals surface area contributed by atoms with Crippen LogP contribution in [0.15, 0.2) is 18.2 Å². The van der Waals surface area contributed by atoms with Crippen molar-refractivity contribution in [3.8, 4) is 0 Å². The van der Waals surface area contributed by atoms with Crippen molar-refractivity contribution >= 4 is 11.6 Å². The molecule has 1 nitrogen and oxygen atoms in total. The third kappa shape index (κ3) is 3.33. The van der Waals surface area contributed by atoms with Gasteiger partial charge in [-0.1, -0.05) is 17.7 Å². The SMILES string of the molecule is C[C@H](N)CCc1ccc(Cl)c(F)c1. The van der Waals surface area contributed by atoms with E-state index in [-0.39, 0.29) is 16.9 Å². The maximum Gasteiger partial charge on any atom is 0.142 e. The number of benzene rings is 1. The third-order valence-corrected chi connectivity index (χ3v) is 2.18. The molecule has 0 amide bonds. The first-order valence-corrected chi connectivity index (χ1v) is 4.67. The van der Waals surface area contributed by atoms with Crippen LogP contribution in [0.1, 0.15) is 18.9 Å². The first-order chi connectivity index (χ1) is 6.09. The van der Waals surface area contributed by atoms with Crippen molar-refractivity contribution in [3.05, 3.63) is 34.6 Å². The fraction of sp³-hybridized carbons (Fsp3) is 0.400. The van der Waals surface area contributed by atoms with Gasteiger partial charge in [0.25, 0.3) is 0 Å². The molecule has 0 saturated carbocycles. The molecule has 1 rings (SSSR count). The molecule has 0 saturated heterocycles. The van der Waals surface area contributed by atoms with Gasteiger partial charge in [0.05, 0.1) is 5.02 Å². The summed E-state index contributed by atoms with van der Waals surface area (Å²) in [6.07, 6.45) is 1.66. The summed E-state index contributed by atoms with van der Waals surface area (Å²) in [4.78, 5) is 0. The summed E-state index contributed by atoms with van der Waals surface area (Å²) < 4.78 is 12.9. The van der Waals surface area contributed by atoms with Gasteiger partial charge in [0.2, 0.25) is 0 Å². The van der Waals surface area contributed by atoms with Crippen LogP contribution in [0, 0.1) is 5.82 Å². The number of aryl methyl sites for hydroxylation is 1. The molecular formula is C10H13ClFN. The van der Waals surface area contributed by atoms with Crippen LogP contribution >= 0.6 is 11.6 Å². The highest BCUT2D eigenvalue weighted by Crippen LogP contribution is 2.16. The van der Waals surface area contributed by atoms with Crippen LogP contribution < -0.4 is 5.73 Å². The van der Waals surface area contributed by atoms with Gasteiger partial charge in [-0.15, -0.1) is 0 Å². The van der Waals surface area contributed by atoms with Crippen LogP contribution in [0.2, 0.25) is 5.02 Å². The maximum absolute atomic E-state index is 12.9. The average Bonchev–Trinajstić information content (AvgIpc) is 2.07. The van der Waals surface area contributed by atoms with E-state index in [1.165, 1.54) is 6.07 Å². The molecule has 1 aromatic carbocycles. The lowest BCUT2D eigenvalue weighted by molar-refractivity contribution is 0.620. The zero-order valence-electron chi connectivity index (χ0n) is 7.56. The Labute approximate surface area is 82.7 Å². The molecule has 0 heterocycles. The molecule has 0 bridgehead atoms. The van der Waals surface area contributed by atoms with Gasteiger partial charge < -0.3 is 5.73 Å². The highest BCUT2D eigenvalue weighted by Gasteiger charge is 2.01. The van der Waals surface area contributed by atoms with Crippen LogP contribution in [0.4, 0.5) is 4.39 Å². The number of hydrogen-bond acceptors (Lipinski definition) is 1. The Hall–Kier alpha value is -0.600. The van der Waals surface area contributed by atoms with E-state index in [2.05, 4.69) is 0 Å².